The molecule has 1 fully saturated rings. The van der Waals surface area contributed by atoms with Gasteiger partial charge in [-0.1, -0.05) is 0 Å². The van der Waals surface area contributed by atoms with Gasteiger partial charge < -0.3 is 24.8 Å². The first-order valence-corrected chi connectivity index (χ1v) is 9.08. The zero-order chi connectivity index (χ0) is 17.7. The number of nitrogens with zero attached hydrogens (tertiary/aromatic N) is 1. The first kappa shape index (κ1) is 21.9. The number of hydrogen-bond donors (Lipinski definition) is 1. The van der Waals surface area contributed by atoms with Gasteiger partial charge in [-0.3, -0.25) is 4.79 Å². The molecule has 1 heterocycles. The average molecular weight is 391 g/mol. The van der Waals surface area contributed by atoms with E-state index in [9.17, 15) is 4.79 Å². The van der Waals surface area contributed by atoms with E-state index in [4.69, 9.17) is 19.9 Å². The van der Waals surface area contributed by atoms with E-state index >= 15 is 0 Å². The molecule has 2 N–H and O–H groups in total. The number of benzene rings is 1. The fourth-order valence-corrected chi connectivity index (χ4v) is 3.48. The van der Waals surface area contributed by atoms with Gasteiger partial charge in [0.1, 0.15) is 0 Å². The Morgan fingerprint density at radius 1 is 1.28 bits per heavy atom. The van der Waals surface area contributed by atoms with Crippen LogP contribution in [0.5, 0.6) is 11.5 Å². The molecule has 25 heavy (non-hydrogen) atoms. The van der Waals surface area contributed by atoms with E-state index in [0.29, 0.717) is 44.1 Å². The molecule has 2 rings (SSSR count). The topological polar surface area (TPSA) is 74.0 Å². The average Bonchev–Trinajstić information content (AvgIpc) is 2.61. The molecule has 1 amide bonds. The molecule has 0 atom stereocenters. The quantitative estimate of drug-likeness (QED) is 0.751. The normalized spacial score (nSPS) is 15.9. The van der Waals surface area contributed by atoms with E-state index in [1.807, 2.05) is 18.4 Å². The summed E-state index contributed by atoms with van der Waals surface area (Å²) in [5.41, 5.74) is 6.48. The van der Waals surface area contributed by atoms with Gasteiger partial charge in [0.15, 0.2) is 11.5 Å². The predicted molar refractivity (Wildman–Crippen MR) is 102 cm³/mol. The van der Waals surface area contributed by atoms with Crippen LogP contribution in [0.15, 0.2) is 17.0 Å². The SMILES string of the molecule is COc1cc(CN(C)C(=O)C2(N)CCOCC2)c(SC)cc1OC.Cl. The van der Waals surface area contributed by atoms with E-state index in [1.165, 1.54) is 0 Å². The van der Waals surface area contributed by atoms with Crippen LogP contribution in [0.25, 0.3) is 0 Å². The molecule has 6 nitrogen and oxygen atoms in total. The summed E-state index contributed by atoms with van der Waals surface area (Å²) in [7, 11) is 5.00. The number of methoxy groups -OCH3 is 2. The molecule has 142 valence electrons. The fraction of sp³-hybridized carbons (Fsp3) is 0.588. The Bertz CT molecular complexity index is 594. The lowest BCUT2D eigenvalue weighted by atomic mass is 9.89. The number of thioether (sulfide) groups is 1. The summed E-state index contributed by atoms with van der Waals surface area (Å²) in [6.45, 7) is 1.53. The monoisotopic (exact) mass is 390 g/mol. The molecule has 0 saturated carbocycles. The summed E-state index contributed by atoms with van der Waals surface area (Å²) in [6, 6.07) is 3.85. The maximum Gasteiger partial charge on any atom is 0.242 e. The highest BCUT2D eigenvalue weighted by Gasteiger charge is 2.38. The predicted octanol–water partition coefficient (Wildman–Crippen LogP) is 2.31. The van der Waals surface area contributed by atoms with Gasteiger partial charge in [-0.2, -0.15) is 0 Å². The van der Waals surface area contributed by atoms with Crippen LogP contribution in [0.3, 0.4) is 0 Å². The number of amides is 1. The number of likely N-dealkylation sites (N-methyl/N-ethyl adjacent to an activating group) is 1. The van der Waals surface area contributed by atoms with Gasteiger partial charge in [-0.25, -0.2) is 0 Å². The Balaban J connectivity index is 0.00000312. The number of ether oxygens (including phenoxy) is 3. The van der Waals surface area contributed by atoms with Crippen molar-refractivity contribution >= 4 is 30.1 Å². The molecule has 0 radical (unpaired) electrons. The van der Waals surface area contributed by atoms with Gasteiger partial charge in [0.25, 0.3) is 0 Å². The van der Waals surface area contributed by atoms with Crippen molar-refractivity contribution < 1.29 is 19.0 Å². The second-order valence-electron chi connectivity index (χ2n) is 5.95. The highest BCUT2D eigenvalue weighted by atomic mass is 35.5. The smallest absolute Gasteiger partial charge is 0.242 e. The van der Waals surface area contributed by atoms with E-state index < -0.39 is 5.54 Å². The highest BCUT2D eigenvalue weighted by Crippen LogP contribution is 2.35. The van der Waals surface area contributed by atoms with Crippen molar-refractivity contribution in [2.75, 3.05) is 40.7 Å². The van der Waals surface area contributed by atoms with Crippen LogP contribution in [-0.4, -0.2) is 57.1 Å². The van der Waals surface area contributed by atoms with Crippen molar-refractivity contribution in [2.45, 2.75) is 29.8 Å². The number of hydrogen-bond acceptors (Lipinski definition) is 6. The number of carbonyl (C=O) groups excluding carboxylic acids is 1. The van der Waals surface area contributed by atoms with Gasteiger partial charge >= 0.3 is 0 Å². The van der Waals surface area contributed by atoms with Crippen LogP contribution in [0.1, 0.15) is 18.4 Å². The van der Waals surface area contributed by atoms with E-state index in [2.05, 4.69) is 0 Å². The summed E-state index contributed by atoms with van der Waals surface area (Å²) in [4.78, 5) is 15.5. The Kier molecular flexibility index (Phi) is 8.34. The maximum absolute atomic E-state index is 12.8. The minimum absolute atomic E-state index is 0. The Morgan fingerprint density at radius 2 is 1.84 bits per heavy atom. The third-order valence-corrected chi connectivity index (χ3v) is 5.17. The lowest BCUT2D eigenvalue weighted by Crippen LogP contribution is -2.57. The van der Waals surface area contributed by atoms with Gasteiger partial charge in [0.05, 0.1) is 19.8 Å². The first-order chi connectivity index (χ1) is 11.4. The van der Waals surface area contributed by atoms with Crippen LogP contribution in [0.4, 0.5) is 0 Å². The van der Waals surface area contributed by atoms with Crippen molar-refractivity contribution in [3.8, 4) is 11.5 Å². The molecule has 8 heteroatoms. The third-order valence-electron chi connectivity index (χ3n) is 4.35. The summed E-state index contributed by atoms with van der Waals surface area (Å²) in [5, 5.41) is 0. The number of halogens is 1. The molecule has 1 aliphatic rings. The molecule has 0 bridgehead atoms. The zero-order valence-corrected chi connectivity index (χ0v) is 16.8. The highest BCUT2D eigenvalue weighted by molar-refractivity contribution is 7.98. The number of nitrogens with two attached hydrogens (primary N) is 1. The van der Waals surface area contributed by atoms with Crippen LogP contribution in [0, 0.1) is 0 Å². The third kappa shape index (κ3) is 4.94. The minimum Gasteiger partial charge on any atom is -0.493 e. The molecule has 0 unspecified atom stereocenters. The second-order valence-corrected chi connectivity index (χ2v) is 6.80. The Labute approximate surface area is 159 Å². The molecule has 1 aromatic rings. The van der Waals surface area contributed by atoms with Crippen molar-refractivity contribution in [3.63, 3.8) is 0 Å². The minimum atomic E-state index is -0.830. The summed E-state index contributed by atoms with van der Waals surface area (Å²) in [6.07, 6.45) is 3.10. The standard InChI is InChI=1S/C17H26N2O4S.ClH/c1-19(16(20)17(18)5-7-23-8-6-17)11-12-9-13(21-2)14(22-3)10-15(12)24-4;/h9-10H,5-8,11,18H2,1-4H3;1H. The second kappa shape index (κ2) is 9.52. The van der Waals surface area contributed by atoms with Gasteiger partial charge in [0, 0.05) is 31.7 Å². The van der Waals surface area contributed by atoms with Crippen LogP contribution in [0.2, 0.25) is 0 Å². The van der Waals surface area contributed by atoms with Gasteiger partial charge in [-0.15, -0.1) is 24.2 Å². The van der Waals surface area contributed by atoms with Crippen LogP contribution in [-0.2, 0) is 16.1 Å². The Hall–Kier alpha value is -1.15. The molecule has 0 aromatic heterocycles. The van der Waals surface area contributed by atoms with Crippen molar-refractivity contribution in [3.05, 3.63) is 17.7 Å². The van der Waals surface area contributed by atoms with Crippen LogP contribution < -0.4 is 15.2 Å². The summed E-state index contributed by atoms with van der Waals surface area (Å²) < 4.78 is 16.0. The van der Waals surface area contributed by atoms with E-state index in [0.717, 1.165) is 10.5 Å². The molecular formula is C17H27ClN2O4S. The zero-order valence-electron chi connectivity index (χ0n) is 15.2. The molecule has 1 saturated heterocycles. The lowest BCUT2D eigenvalue weighted by molar-refractivity contribution is -0.139. The maximum atomic E-state index is 12.8. The first-order valence-electron chi connectivity index (χ1n) is 7.86. The molecular weight excluding hydrogens is 364 g/mol. The van der Waals surface area contributed by atoms with Gasteiger partial charge in [0.2, 0.25) is 5.91 Å². The largest absolute Gasteiger partial charge is 0.493 e. The van der Waals surface area contributed by atoms with Gasteiger partial charge in [-0.05, 0) is 36.8 Å². The molecule has 0 spiro atoms. The molecule has 1 aromatic carbocycles. The fourth-order valence-electron chi connectivity index (χ4n) is 2.87. The van der Waals surface area contributed by atoms with Crippen molar-refractivity contribution in [2.24, 2.45) is 5.73 Å². The number of rotatable bonds is 6. The number of carbonyl (C=O) groups is 1. The van der Waals surface area contributed by atoms with E-state index in [1.54, 1.807) is 37.9 Å². The summed E-state index contributed by atoms with van der Waals surface area (Å²) >= 11 is 1.61. The Morgan fingerprint density at radius 3 is 2.36 bits per heavy atom. The van der Waals surface area contributed by atoms with Crippen molar-refractivity contribution in [1.82, 2.24) is 4.90 Å². The van der Waals surface area contributed by atoms with Crippen LogP contribution >= 0.6 is 24.2 Å². The molecule has 0 aliphatic carbocycles. The summed E-state index contributed by atoms with van der Waals surface area (Å²) in [5.74, 6) is 1.28. The molecule has 1 aliphatic heterocycles. The lowest BCUT2D eigenvalue weighted by Gasteiger charge is -2.35. The van der Waals surface area contributed by atoms with E-state index in [-0.39, 0.29) is 18.3 Å². The van der Waals surface area contributed by atoms with Crippen molar-refractivity contribution in [1.29, 1.82) is 0 Å².